The van der Waals surface area contributed by atoms with Crippen LogP contribution in [0.1, 0.15) is 34.2 Å². The molecule has 0 radical (unpaired) electrons. The van der Waals surface area contributed by atoms with E-state index >= 15 is 0 Å². The molecule has 0 N–H and O–H groups in total. The zero-order chi connectivity index (χ0) is 30.6. The molecule has 0 unspecified atom stereocenters. The Bertz CT molecular complexity index is 1870. The number of benzene rings is 3. The minimum absolute atomic E-state index is 0.169. The lowest BCUT2D eigenvalue weighted by Gasteiger charge is -2.51. The fourth-order valence-corrected chi connectivity index (χ4v) is 9.10. The predicted molar refractivity (Wildman–Crippen MR) is 168 cm³/mol. The number of imide groups is 2. The van der Waals surface area contributed by atoms with E-state index in [-0.39, 0.29) is 41.4 Å². The molecule has 1 saturated carbocycles. The Morgan fingerprint density at radius 1 is 0.591 bits per heavy atom. The molecule has 4 amide bonds. The Hall–Kier alpha value is -4.58. The van der Waals surface area contributed by atoms with E-state index in [1.807, 2.05) is 82.3 Å². The number of rotatable bonds is 3. The summed E-state index contributed by atoms with van der Waals surface area (Å²) in [4.78, 5) is 60.0. The quantitative estimate of drug-likeness (QED) is 0.276. The lowest BCUT2D eigenvalue weighted by atomic mass is 9.49. The lowest BCUT2D eigenvalue weighted by Crippen LogP contribution is -2.51. The molecule has 3 aromatic carbocycles. The van der Waals surface area contributed by atoms with Crippen molar-refractivity contribution in [2.24, 2.45) is 41.4 Å². The van der Waals surface area contributed by atoms with E-state index in [1.54, 1.807) is 0 Å². The van der Waals surface area contributed by atoms with Crippen molar-refractivity contribution >= 4 is 40.6 Å². The maximum Gasteiger partial charge on any atom is 0.238 e. The molecule has 6 nitrogen and oxygen atoms in total. The van der Waals surface area contributed by atoms with Gasteiger partial charge >= 0.3 is 0 Å². The van der Waals surface area contributed by atoms with E-state index in [0.717, 1.165) is 39.0 Å². The van der Waals surface area contributed by atoms with Crippen molar-refractivity contribution < 1.29 is 19.2 Å². The van der Waals surface area contributed by atoms with E-state index < -0.39 is 23.7 Å². The molecule has 2 saturated heterocycles. The Morgan fingerprint density at radius 2 is 1.16 bits per heavy atom. The van der Waals surface area contributed by atoms with Gasteiger partial charge in [0.15, 0.2) is 0 Å². The van der Waals surface area contributed by atoms with Gasteiger partial charge in [0.05, 0.1) is 35.0 Å². The highest BCUT2D eigenvalue weighted by Gasteiger charge is 2.67. The van der Waals surface area contributed by atoms with Crippen LogP contribution in [-0.4, -0.2) is 23.6 Å². The van der Waals surface area contributed by atoms with Crippen molar-refractivity contribution in [1.29, 1.82) is 0 Å². The normalized spacial score (nSPS) is 30.3. The van der Waals surface area contributed by atoms with Crippen LogP contribution in [0, 0.1) is 69.1 Å². The number of hydrogen-bond donors (Lipinski definition) is 0. The van der Waals surface area contributed by atoms with Crippen molar-refractivity contribution in [3.63, 3.8) is 0 Å². The second kappa shape index (κ2) is 9.46. The molecule has 2 aliphatic heterocycles. The summed E-state index contributed by atoms with van der Waals surface area (Å²) in [5.74, 6) is -3.93. The summed E-state index contributed by atoms with van der Waals surface area (Å²) in [5, 5.41) is 0. The van der Waals surface area contributed by atoms with Gasteiger partial charge in [0.2, 0.25) is 23.6 Å². The van der Waals surface area contributed by atoms with Gasteiger partial charge in [0.1, 0.15) is 0 Å². The number of nitrogens with zero attached hydrogens (tertiary/aromatic N) is 2. The molecule has 4 aliphatic carbocycles. The van der Waals surface area contributed by atoms with Crippen LogP contribution in [-0.2, 0) is 19.2 Å². The van der Waals surface area contributed by atoms with Crippen molar-refractivity contribution in [2.75, 3.05) is 9.80 Å². The van der Waals surface area contributed by atoms with E-state index in [1.165, 1.54) is 9.80 Å². The lowest BCUT2D eigenvalue weighted by molar-refractivity contribution is -0.129. The van der Waals surface area contributed by atoms with Gasteiger partial charge < -0.3 is 0 Å². The Labute approximate surface area is 257 Å². The van der Waals surface area contributed by atoms with Gasteiger partial charge in [-0.3, -0.25) is 19.2 Å². The second-order valence-corrected chi connectivity index (χ2v) is 13.3. The second-order valence-electron chi connectivity index (χ2n) is 13.3. The van der Waals surface area contributed by atoms with Gasteiger partial charge in [0, 0.05) is 11.8 Å². The number of fused-ring (bicyclic) bond motifs is 1. The van der Waals surface area contributed by atoms with Gasteiger partial charge in [-0.25, -0.2) is 9.80 Å². The summed E-state index contributed by atoms with van der Waals surface area (Å²) >= 11 is 0. The number of aryl methyl sites for hydroxylation is 4. The molecule has 44 heavy (non-hydrogen) atoms. The molecule has 3 aromatic rings. The van der Waals surface area contributed by atoms with Crippen LogP contribution >= 0.6 is 0 Å². The maximum atomic E-state index is 14.5. The highest BCUT2D eigenvalue weighted by molar-refractivity contribution is 6.25. The van der Waals surface area contributed by atoms with Gasteiger partial charge in [-0.05, 0) is 74.4 Å². The fraction of sp³-hybridized carbons (Fsp3) is 0.316. The van der Waals surface area contributed by atoms with Crippen LogP contribution in [0.2, 0.25) is 0 Å². The molecule has 7 atom stereocenters. The molecule has 3 fully saturated rings. The van der Waals surface area contributed by atoms with E-state index in [2.05, 4.69) is 24.3 Å². The number of hydrogen-bond acceptors (Lipinski definition) is 4. The third kappa shape index (κ3) is 3.54. The molecular formula is C38H34N2O4. The fourth-order valence-electron chi connectivity index (χ4n) is 9.10. The van der Waals surface area contributed by atoms with Crippen molar-refractivity contribution in [3.8, 4) is 0 Å². The minimum Gasteiger partial charge on any atom is -0.274 e. The molecule has 0 spiro atoms. The van der Waals surface area contributed by atoms with Crippen LogP contribution in [0.4, 0.5) is 11.4 Å². The molecular weight excluding hydrogens is 548 g/mol. The summed E-state index contributed by atoms with van der Waals surface area (Å²) in [5.41, 5.74) is 8.28. The average Bonchev–Trinajstić information content (AvgIpc) is 3.43. The summed E-state index contributed by atoms with van der Waals surface area (Å²) in [7, 11) is 0. The highest BCUT2D eigenvalue weighted by Crippen LogP contribution is 2.63. The standard InChI is InChI=1S/C38H34N2O4/c1-19-10-14-28(21(3)16-19)39-35(41)27-18-26(23-8-6-5-7-9-23)30-24-12-13-25(31(30)34(27)38(39)44)33-32(24)36(42)40(37(33)43)29-15-11-20(2)17-22(29)4/h5-17,24-25,27,31-34H,18H2,1-4H3/t24-,25+,27-,31-,32+,33-,34+/m0/s1. The molecule has 220 valence electrons. The predicted octanol–water partition coefficient (Wildman–Crippen LogP) is 6.12. The zero-order valence-electron chi connectivity index (χ0n) is 25.3. The van der Waals surface area contributed by atoms with Crippen LogP contribution in [0.25, 0.3) is 5.57 Å². The van der Waals surface area contributed by atoms with Crippen molar-refractivity contribution in [1.82, 2.24) is 0 Å². The largest absolute Gasteiger partial charge is 0.274 e. The molecule has 9 rings (SSSR count). The Kier molecular flexibility index (Phi) is 5.80. The third-order valence-electron chi connectivity index (χ3n) is 10.8. The summed E-state index contributed by atoms with van der Waals surface area (Å²) in [6.45, 7) is 7.86. The van der Waals surface area contributed by atoms with E-state index in [9.17, 15) is 19.2 Å². The van der Waals surface area contributed by atoms with Crippen LogP contribution < -0.4 is 9.80 Å². The smallest absolute Gasteiger partial charge is 0.238 e. The van der Waals surface area contributed by atoms with Crippen molar-refractivity contribution in [2.45, 2.75) is 34.1 Å². The third-order valence-corrected chi connectivity index (χ3v) is 10.8. The van der Waals surface area contributed by atoms with Gasteiger partial charge in [-0.1, -0.05) is 83.4 Å². The zero-order valence-corrected chi connectivity index (χ0v) is 25.3. The van der Waals surface area contributed by atoms with E-state index in [4.69, 9.17) is 0 Å². The number of allylic oxidation sites excluding steroid dienone is 4. The molecule has 6 aliphatic rings. The first-order valence-electron chi connectivity index (χ1n) is 15.5. The van der Waals surface area contributed by atoms with E-state index in [0.29, 0.717) is 17.8 Å². The van der Waals surface area contributed by atoms with Crippen molar-refractivity contribution in [3.05, 3.63) is 112 Å². The molecule has 0 aromatic heterocycles. The number of carbonyl (C=O) groups excluding carboxylic acids is 4. The summed E-state index contributed by atoms with van der Waals surface area (Å²) in [6, 6.07) is 21.6. The first-order chi connectivity index (χ1) is 21.2. The Balaban J connectivity index is 1.29. The minimum atomic E-state index is -0.581. The highest BCUT2D eigenvalue weighted by atomic mass is 16.2. The monoisotopic (exact) mass is 582 g/mol. The molecule has 2 heterocycles. The number of carbonyl (C=O) groups is 4. The molecule has 6 heteroatoms. The summed E-state index contributed by atoms with van der Waals surface area (Å²) < 4.78 is 0. The van der Waals surface area contributed by atoms with Gasteiger partial charge in [-0.15, -0.1) is 0 Å². The van der Waals surface area contributed by atoms with Gasteiger partial charge in [-0.2, -0.15) is 0 Å². The number of amides is 4. The van der Waals surface area contributed by atoms with Crippen LogP contribution in [0.5, 0.6) is 0 Å². The first-order valence-corrected chi connectivity index (χ1v) is 15.5. The SMILES string of the molecule is Cc1ccc(N2C(=O)[C@H]3[C@@H]4C=C[C@@H](C5=C(c6ccccc6)C[C@@H]6C(=O)N(c7ccc(C)cc7C)C(=O)[C@H]6[C@H]54)[C@H]3C2=O)c(C)c1. The molecule has 2 bridgehead atoms. The number of anilines is 2. The average molecular weight is 583 g/mol. The summed E-state index contributed by atoms with van der Waals surface area (Å²) in [6.07, 6.45) is 4.60. The van der Waals surface area contributed by atoms with Gasteiger partial charge in [0.25, 0.3) is 0 Å². The maximum absolute atomic E-state index is 14.5. The topological polar surface area (TPSA) is 74.8 Å². The van der Waals surface area contributed by atoms with Crippen LogP contribution in [0.3, 0.4) is 0 Å². The van der Waals surface area contributed by atoms with Crippen LogP contribution in [0.15, 0.2) is 84.5 Å². The first kappa shape index (κ1) is 27.0. The Morgan fingerprint density at radius 3 is 1.77 bits per heavy atom.